The molecular weight excluding hydrogens is 210 g/mol. The van der Waals surface area contributed by atoms with Crippen molar-refractivity contribution in [2.45, 2.75) is 45.8 Å². The Balaban J connectivity index is 2.62. The average molecular weight is 235 g/mol. The smallest absolute Gasteiger partial charge is 0.0942 e. The van der Waals surface area contributed by atoms with Gasteiger partial charge in [0.15, 0.2) is 0 Å². The molecule has 17 heavy (non-hydrogen) atoms. The van der Waals surface area contributed by atoms with E-state index in [1.165, 1.54) is 18.4 Å². The van der Waals surface area contributed by atoms with Crippen LogP contribution in [0.1, 0.15) is 43.9 Å². The number of rotatable bonds is 6. The van der Waals surface area contributed by atoms with Gasteiger partial charge in [0, 0.05) is 6.04 Å². The summed E-state index contributed by atoms with van der Waals surface area (Å²) in [7, 11) is 2.08. The third-order valence-electron chi connectivity index (χ3n) is 3.44. The van der Waals surface area contributed by atoms with Gasteiger partial charge in [-0.3, -0.25) is 0 Å². The van der Waals surface area contributed by atoms with Crippen LogP contribution in [0.15, 0.2) is 24.3 Å². The maximum Gasteiger partial charge on any atom is 0.0942 e. The number of benzene rings is 1. The quantitative estimate of drug-likeness (QED) is 0.818. The topological polar surface area (TPSA) is 23.5 Å². The molecule has 0 radical (unpaired) electrons. The lowest BCUT2D eigenvalue weighted by Crippen LogP contribution is -2.35. The number of aliphatic hydroxyl groups is 1. The molecule has 0 bridgehead atoms. The van der Waals surface area contributed by atoms with Gasteiger partial charge in [-0.25, -0.2) is 0 Å². The fraction of sp³-hybridized carbons (Fsp3) is 0.600. The predicted molar refractivity (Wildman–Crippen MR) is 73.1 cm³/mol. The number of nitrogens with zero attached hydrogens (tertiary/aromatic N) is 1. The van der Waals surface area contributed by atoms with E-state index >= 15 is 0 Å². The van der Waals surface area contributed by atoms with E-state index in [1.807, 2.05) is 12.1 Å². The zero-order valence-electron chi connectivity index (χ0n) is 11.5. The van der Waals surface area contributed by atoms with Gasteiger partial charge in [-0.1, -0.05) is 43.2 Å². The maximum atomic E-state index is 10.3. The lowest BCUT2D eigenvalue weighted by atomic mass is 10.0. The van der Waals surface area contributed by atoms with Gasteiger partial charge in [0.1, 0.15) is 0 Å². The molecule has 0 amide bonds. The lowest BCUT2D eigenvalue weighted by molar-refractivity contribution is 0.0719. The van der Waals surface area contributed by atoms with Gasteiger partial charge >= 0.3 is 0 Å². The molecule has 0 heterocycles. The van der Waals surface area contributed by atoms with Crippen LogP contribution in [0.25, 0.3) is 0 Å². The molecule has 2 atom stereocenters. The standard InChI is InChI=1S/C15H25NO/c1-5-6-11-16(4)13(3)15(17)14-9-7-12(2)8-10-14/h7-10,13,15,17H,5-6,11H2,1-4H3. The van der Waals surface area contributed by atoms with Crippen LogP contribution in [0, 0.1) is 6.92 Å². The molecule has 0 aliphatic rings. The van der Waals surface area contributed by atoms with E-state index in [1.54, 1.807) is 0 Å². The molecule has 0 fully saturated rings. The fourth-order valence-corrected chi connectivity index (χ4v) is 1.89. The van der Waals surface area contributed by atoms with Crippen molar-refractivity contribution in [2.75, 3.05) is 13.6 Å². The number of hydrogen-bond donors (Lipinski definition) is 1. The van der Waals surface area contributed by atoms with E-state index in [0.717, 1.165) is 12.1 Å². The minimum Gasteiger partial charge on any atom is -0.387 e. The molecule has 1 aromatic carbocycles. The van der Waals surface area contributed by atoms with Crippen molar-refractivity contribution in [3.63, 3.8) is 0 Å². The summed E-state index contributed by atoms with van der Waals surface area (Å²) in [5.74, 6) is 0. The van der Waals surface area contributed by atoms with Crippen LogP contribution in [0.4, 0.5) is 0 Å². The molecular formula is C15H25NO. The van der Waals surface area contributed by atoms with Crippen LogP contribution in [-0.2, 0) is 0 Å². The Bertz CT molecular complexity index is 320. The lowest BCUT2D eigenvalue weighted by Gasteiger charge is -2.29. The molecule has 0 spiro atoms. The minimum atomic E-state index is -0.405. The van der Waals surface area contributed by atoms with Crippen LogP contribution in [0.5, 0.6) is 0 Å². The molecule has 0 saturated heterocycles. The molecule has 0 saturated carbocycles. The Kier molecular flexibility index (Phi) is 5.66. The Hall–Kier alpha value is -0.860. The summed E-state index contributed by atoms with van der Waals surface area (Å²) in [4.78, 5) is 2.23. The van der Waals surface area contributed by atoms with Crippen molar-refractivity contribution in [2.24, 2.45) is 0 Å². The minimum absolute atomic E-state index is 0.157. The monoisotopic (exact) mass is 235 g/mol. The van der Waals surface area contributed by atoms with Crippen molar-refractivity contribution in [3.05, 3.63) is 35.4 Å². The highest BCUT2D eigenvalue weighted by atomic mass is 16.3. The Morgan fingerprint density at radius 3 is 2.35 bits per heavy atom. The van der Waals surface area contributed by atoms with Crippen molar-refractivity contribution in [1.29, 1.82) is 0 Å². The first-order chi connectivity index (χ1) is 8.06. The molecule has 2 heteroatoms. The number of aryl methyl sites for hydroxylation is 1. The molecule has 0 aliphatic heterocycles. The number of hydrogen-bond acceptors (Lipinski definition) is 2. The van der Waals surface area contributed by atoms with E-state index in [-0.39, 0.29) is 6.04 Å². The molecule has 2 unspecified atom stereocenters. The second kappa shape index (κ2) is 6.77. The van der Waals surface area contributed by atoms with Crippen molar-refractivity contribution >= 4 is 0 Å². The highest BCUT2D eigenvalue weighted by molar-refractivity contribution is 5.23. The summed E-state index contributed by atoms with van der Waals surface area (Å²) >= 11 is 0. The molecule has 0 aromatic heterocycles. The molecule has 1 rings (SSSR count). The van der Waals surface area contributed by atoms with Crippen LogP contribution < -0.4 is 0 Å². The van der Waals surface area contributed by atoms with Gasteiger partial charge in [0.25, 0.3) is 0 Å². The van der Waals surface area contributed by atoms with Gasteiger partial charge in [-0.2, -0.15) is 0 Å². The van der Waals surface area contributed by atoms with E-state index in [9.17, 15) is 5.11 Å². The zero-order chi connectivity index (χ0) is 12.8. The Morgan fingerprint density at radius 1 is 1.24 bits per heavy atom. The molecule has 96 valence electrons. The van der Waals surface area contributed by atoms with Gasteiger partial charge in [-0.15, -0.1) is 0 Å². The highest BCUT2D eigenvalue weighted by Crippen LogP contribution is 2.20. The maximum absolute atomic E-state index is 10.3. The largest absolute Gasteiger partial charge is 0.387 e. The first kappa shape index (κ1) is 14.2. The molecule has 1 aromatic rings. The van der Waals surface area contributed by atoms with E-state index in [0.29, 0.717) is 0 Å². The molecule has 0 aliphatic carbocycles. The summed E-state index contributed by atoms with van der Waals surface area (Å²) in [6, 6.07) is 8.30. The SMILES string of the molecule is CCCCN(C)C(C)C(O)c1ccc(C)cc1. The first-order valence-electron chi connectivity index (χ1n) is 6.51. The normalized spacial score (nSPS) is 14.9. The summed E-state index contributed by atoms with van der Waals surface area (Å²) in [5.41, 5.74) is 2.24. The molecule has 1 N–H and O–H groups in total. The van der Waals surface area contributed by atoms with Gasteiger partial charge < -0.3 is 10.0 Å². The van der Waals surface area contributed by atoms with Crippen LogP contribution in [0.2, 0.25) is 0 Å². The zero-order valence-corrected chi connectivity index (χ0v) is 11.5. The van der Waals surface area contributed by atoms with Crippen LogP contribution in [0.3, 0.4) is 0 Å². The summed E-state index contributed by atoms with van der Waals surface area (Å²) in [5, 5.41) is 10.3. The van der Waals surface area contributed by atoms with E-state index in [4.69, 9.17) is 0 Å². The Morgan fingerprint density at radius 2 is 1.82 bits per heavy atom. The predicted octanol–water partition coefficient (Wildman–Crippen LogP) is 3.15. The Labute approximate surface area is 105 Å². The van der Waals surface area contributed by atoms with E-state index < -0.39 is 6.10 Å². The van der Waals surface area contributed by atoms with Crippen molar-refractivity contribution < 1.29 is 5.11 Å². The summed E-state index contributed by atoms with van der Waals surface area (Å²) in [6.07, 6.45) is 1.97. The van der Waals surface area contributed by atoms with Gasteiger partial charge in [0.05, 0.1) is 6.10 Å². The van der Waals surface area contributed by atoms with Crippen LogP contribution >= 0.6 is 0 Å². The fourth-order valence-electron chi connectivity index (χ4n) is 1.89. The van der Waals surface area contributed by atoms with Crippen molar-refractivity contribution in [1.82, 2.24) is 4.90 Å². The van der Waals surface area contributed by atoms with Crippen LogP contribution in [-0.4, -0.2) is 29.6 Å². The van der Waals surface area contributed by atoms with Gasteiger partial charge in [0.2, 0.25) is 0 Å². The third-order valence-corrected chi connectivity index (χ3v) is 3.44. The van der Waals surface area contributed by atoms with Gasteiger partial charge in [-0.05, 0) is 39.4 Å². The van der Waals surface area contributed by atoms with E-state index in [2.05, 4.69) is 44.9 Å². The number of aliphatic hydroxyl groups excluding tert-OH is 1. The second-order valence-corrected chi connectivity index (χ2v) is 4.93. The third kappa shape index (κ3) is 4.14. The highest BCUT2D eigenvalue weighted by Gasteiger charge is 2.19. The second-order valence-electron chi connectivity index (χ2n) is 4.93. The number of unbranched alkanes of at least 4 members (excludes halogenated alkanes) is 1. The summed E-state index contributed by atoms with van der Waals surface area (Å²) < 4.78 is 0. The average Bonchev–Trinajstić information content (AvgIpc) is 2.35. The number of likely N-dealkylation sites (N-methyl/N-ethyl adjacent to an activating group) is 1. The first-order valence-corrected chi connectivity index (χ1v) is 6.51. The summed E-state index contributed by atoms with van der Waals surface area (Å²) in [6.45, 7) is 7.38. The van der Waals surface area contributed by atoms with Crippen molar-refractivity contribution in [3.8, 4) is 0 Å². The molecule has 2 nitrogen and oxygen atoms in total.